The zero-order valence-corrected chi connectivity index (χ0v) is 25.1. The monoisotopic (exact) mass is 601 g/mol. The van der Waals surface area contributed by atoms with Gasteiger partial charge in [-0.05, 0) is 76.1 Å². The molecule has 0 bridgehead atoms. The molecular formula is C28H32ClN5O4S2. The van der Waals surface area contributed by atoms with Crippen LogP contribution in [0.25, 0.3) is 10.2 Å². The number of hydrogen-bond acceptors (Lipinski definition) is 7. The zero-order chi connectivity index (χ0) is 28.4. The number of benzene rings is 2. The van der Waals surface area contributed by atoms with Crippen molar-refractivity contribution in [1.29, 1.82) is 0 Å². The summed E-state index contributed by atoms with van der Waals surface area (Å²) in [6.45, 7) is 7.83. The number of anilines is 1. The van der Waals surface area contributed by atoms with Crippen LogP contribution >= 0.6 is 22.9 Å². The Balaban J connectivity index is 1.37. The summed E-state index contributed by atoms with van der Waals surface area (Å²) < 4.78 is 36.4. The van der Waals surface area contributed by atoms with Crippen LogP contribution in [-0.2, 0) is 21.4 Å². The largest absolute Gasteiger partial charge is 0.492 e. The fourth-order valence-electron chi connectivity index (χ4n) is 5.01. The van der Waals surface area contributed by atoms with E-state index in [4.69, 9.17) is 21.3 Å². The highest BCUT2D eigenvalue weighted by molar-refractivity contribution is 7.89. The van der Waals surface area contributed by atoms with Crippen LogP contribution in [0.3, 0.4) is 0 Å². The van der Waals surface area contributed by atoms with Gasteiger partial charge in [0.15, 0.2) is 5.13 Å². The molecule has 2 aromatic carbocycles. The summed E-state index contributed by atoms with van der Waals surface area (Å²) in [5, 5.41) is 5.64. The highest BCUT2D eigenvalue weighted by Gasteiger charge is 2.35. The van der Waals surface area contributed by atoms with Gasteiger partial charge in [0.05, 0.1) is 28.4 Å². The molecule has 1 aliphatic heterocycles. The van der Waals surface area contributed by atoms with Gasteiger partial charge in [0.2, 0.25) is 15.9 Å². The molecule has 40 heavy (non-hydrogen) atoms. The fourth-order valence-corrected chi connectivity index (χ4v) is 7.62. The molecule has 0 radical (unpaired) electrons. The van der Waals surface area contributed by atoms with Crippen LogP contribution in [0.2, 0.25) is 5.02 Å². The van der Waals surface area contributed by atoms with Crippen LogP contribution in [0.4, 0.5) is 5.13 Å². The average Bonchev–Trinajstić information content (AvgIpc) is 3.51. The normalized spacial score (nSPS) is 15.0. The summed E-state index contributed by atoms with van der Waals surface area (Å²) in [5.41, 5.74) is 2.68. The second-order valence-corrected chi connectivity index (χ2v) is 13.2. The van der Waals surface area contributed by atoms with Gasteiger partial charge in [0.25, 0.3) is 0 Å². The van der Waals surface area contributed by atoms with Gasteiger partial charge in [-0.2, -0.15) is 9.40 Å². The Bertz CT molecular complexity index is 1610. The van der Waals surface area contributed by atoms with Gasteiger partial charge in [0.1, 0.15) is 11.3 Å². The van der Waals surface area contributed by atoms with Crippen molar-refractivity contribution in [2.45, 2.75) is 45.1 Å². The SMILES string of the molecule is CCOc1cccc2sc(N(CCn3nc(C)cc3C)C(=O)C3CCN(S(=O)(=O)c4ccc(Cl)cc4)CC3)nc12. The summed E-state index contributed by atoms with van der Waals surface area (Å²) in [6.07, 6.45) is 0.855. The average molecular weight is 602 g/mol. The van der Waals surface area contributed by atoms with Crippen molar-refractivity contribution in [1.82, 2.24) is 19.1 Å². The summed E-state index contributed by atoms with van der Waals surface area (Å²) in [7, 11) is -3.66. The van der Waals surface area contributed by atoms with Gasteiger partial charge in [-0.25, -0.2) is 13.4 Å². The van der Waals surface area contributed by atoms with Crippen LogP contribution in [0.5, 0.6) is 5.75 Å². The molecule has 0 saturated carbocycles. The smallest absolute Gasteiger partial charge is 0.243 e. The lowest BCUT2D eigenvalue weighted by molar-refractivity contribution is -0.123. The van der Waals surface area contributed by atoms with E-state index in [1.165, 1.54) is 27.8 Å². The van der Waals surface area contributed by atoms with Gasteiger partial charge >= 0.3 is 0 Å². The van der Waals surface area contributed by atoms with Crippen LogP contribution in [-0.4, -0.2) is 59.6 Å². The van der Waals surface area contributed by atoms with Crippen molar-refractivity contribution in [2.75, 3.05) is 31.1 Å². The van der Waals surface area contributed by atoms with Crippen molar-refractivity contribution in [2.24, 2.45) is 5.92 Å². The number of para-hydroxylation sites is 1. The number of piperidine rings is 1. The van der Waals surface area contributed by atoms with Gasteiger partial charge in [0, 0.05) is 36.3 Å². The first-order valence-corrected chi connectivity index (χ1v) is 15.9. The van der Waals surface area contributed by atoms with Crippen molar-refractivity contribution in [3.63, 3.8) is 0 Å². The Morgan fingerprint density at radius 1 is 1.15 bits per heavy atom. The number of carbonyl (C=O) groups is 1. The Morgan fingerprint density at radius 2 is 1.88 bits per heavy atom. The molecule has 3 heterocycles. The lowest BCUT2D eigenvalue weighted by atomic mass is 9.96. The molecule has 1 saturated heterocycles. The number of aromatic nitrogens is 3. The molecule has 12 heteroatoms. The van der Waals surface area contributed by atoms with Crippen LogP contribution in [0.1, 0.15) is 31.2 Å². The molecule has 0 N–H and O–H groups in total. The van der Waals surface area contributed by atoms with Crippen molar-refractivity contribution >= 4 is 54.2 Å². The van der Waals surface area contributed by atoms with Gasteiger partial charge in [-0.1, -0.05) is 29.0 Å². The Kier molecular flexibility index (Phi) is 8.46. The van der Waals surface area contributed by atoms with Gasteiger partial charge in [-0.3, -0.25) is 14.4 Å². The number of thiazole rings is 1. The maximum atomic E-state index is 14.0. The van der Waals surface area contributed by atoms with E-state index < -0.39 is 10.0 Å². The predicted molar refractivity (Wildman–Crippen MR) is 158 cm³/mol. The number of fused-ring (bicyclic) bond motifs is 1. The minimum Gasteiger partial charge on any atom is -0.492 e. The molecule has 9 nitrogen and oxygen atoms in total. The maximum absolute atomic E-state index is 14.0. The minimum atomic E-state index is -3.66. The van der Waals surface area contributed by atoms with Gasteiger partial charge < -0.3 is 4.74 Å². The molecule has 212 valence electrons. The highest BCUT2D eigenvalue weighted by Crippen LogP contribution is 2.36. The number of halogens is 1. The lowest BCUT2D eigenvalue weighted by Crippen LogP contribution is -2.45. The molecule has 0 aliphatic carbocycles. The summed E-state index contributed by atoms with van der Waals surface area (Å²) >= 11 is 7.39. The predicted octanol–water partition coefficient (Wildman–Crippen LogP) is 5.30. The van der Waals surface area contributed by atoms with E-state index in [1.807, 2.05) is 49.7 Å². The molecule has 0 spiro atoms. The van der Waals surface area contributed by atoms with E-state index in [0.29, 0.717) is 48.4 Å². The maximum Gasteiger partial charge on any atom is 0.243 e. The molecule has 2 aromatic heterocycles. The van der Waals surface area contributed by atoms with E-state index in [-0.39, 0.29) is 29.8 Å². The number of amides is 1. The van der Waals surface area contributed by atoms with Crippen LogP contribution < -0.4 is 9.64 Å². The first-order chi connectivity index (χ1) is 19.2. The summed E-state index contributed by atoms with van der Waals surface area (Å²) in [4.78, 5) is 20.8. The lowest BCUT2D eigenvalue weighted by Gasteiger charge is -2.33. The second-order valence-electron chi connectivity index (χ2n) is 9.80. The van der Waals surface area contributed by atoms with E-state index in [2.05, 4.69) is 5.10 Å². The fraction of sp³-hybridized carbons (Fsp3) is 0.393. The molecule has 4 aromatic rings. The summed E-state index contributed by atoms with van der Waals surface area (Å²) in [5.74, 6) is 0.312. The first-order valence-electron chi connectivity index (χ1n) is 13.3. The number of carbonyl (C=O) groups excluding carboxylic acids is 1. The van der Waals surface area contributed by atoms with E-state index in [9.17, 15) is 13.2 Å². The number of rotatable bonds is 9. The molecule has 1 amide bonds. The molecule has 0 atom stereocenters. The molecule has 1 fully saturated rings. The number of ether oxygens (including phenoxy) is 1. The van der Waals surface area contributed by atoms with E-state index in [0.717, 1.165) is 21.6 Å². The number of sulfonamides is 1. The molecule has 1 aliphatic rings. The molecular weight excluding hydrogens is 570 g/mol. The number of aryl methyl sites for hydroxylation is 2. The topological polar surface area (TPSA) is 97.6 Å². The van der Waals surface area contributed by atoms with Crippen molar-refractivity contribution in [3.05, 3.63) is 64.9 Å². The first kappa shape index (κ1) is 28.5. The standard InChI is InChI=1S/C28H32ClN5O4S2/c1-4-38-24-6-5-7-25-26(24)30-28(39-25)33(16-17-34-20(3)18-19(2)31-34)27(35)21-12-14-32(15-13-21)40(36,37)23-10-8-22(29)9-11-23/h5-11,18,21H,4,12-17H2,1-3H3. The number of hydrogen-bond donors (Lipinski definition) is 0. The zero-order valence-electron chi connectivity index (χ0n) is 22.7. The van der Waals surface area contributed by atoms with Crippen LogP contribution in [0, 0.1) is 19.8 Å². The third kappa shape index (κ3) is 5.88. The Morgan fingerprint density at radius 3 is 2.52 bits per heavy atom. The molecule has 5 rings (SSSR count). The summed E-state index contributed by atoms with van der Waals surface area (Å²) in [6, 6.07) is 14.0. The second kappa shape index (κ2) is 11.9. The van der Waals surface area contributed by atoms with Crippen LogP contribution in [0.15, 0.2) is 53.4 Å². The third-order valence-electron chi connectivity index (χ3n) is 7.06. The van der Waals surface area contributed by atoms with Gasteiger partial charge in [-0.15, -0.1) is 0 Å². The Labute approximate surface area is 243 Å². The Hall–Kier alpha value is -2.99. The molecule has 0 unspecified atom stereocenters. The van der Waals surface area contributed by atoms with E-state index in [1.54, 1.807) is 17.0 Å². The van der Waals surface area contributed by atoms with E-state index >= 15 is 0 Å². The third-order valence-corrected chi connectivity index (χ3v) is 10.3. The quantitative estimate of drug-likeness (QED) is 0.258. The highest BCUT2D eigenvalue weighted by atomic mass is 35.5. The van der Waals surface area contributed by atoms with Crippen molar-refractivity contribution in [3.8, 4) is 5.75 Å². The minimum absolute atomic E-state index is 0.0536. The van der Waals surface area contributed by atoms with Crippen molar-refractivity contribution < 1.29 is 17.9 Å². The number of nitrogens with zero attached hydrogens (tertiary/aromatic N) is 5.